The Balaban J connectivity index is 3.46. The number of amides is 1. The molecule has 0 aromatic rings. The zero-order valence-corrected chi connectivity index (χ0v) is 42.1. The van der Waals surface area contributed by atoms with Crippen LogP contribution in [-0.2, 0) is 14.3 Å². The lowest BCUT2D eigenvalue weighted by Gasteiger charge is -2.22. The van der Waals surface area contributed by atoms with Crippen molar-refractivity contribution in [3.8, 4) is 0 Å². The predicted octanol–water partition coefficient (Wildman–Crippen LogP) is 17.1. The molecule has 0 spiro atoms. The van der Waals surface area contributed by atoms with E-state index in [-0.39, 0.29) is 18.5 Å². The molecule has 62 heavy (non-hydrogen) atoms. The lowest BCUT2D eigenvalue weighted by molar-refractivity contribution is -0.143. The molecule has 3 N–H and O–H groups in total. The van der Waals surface area contributed by atoms with Crippen LogP contribution in [0.2, 0.25) is 0 Å². The average Bonchev–Trinajstić information content (AvgIpc) is 3.27. The summed E-state index contributed by atoms with van der Waals surface area (Å²) in [6.45, 7) is 4.92. The summed E-state index contributed by atoms with van der Waals surface area (Å²) >= 11 is 0. The Kier molecular flexibility index (Phi) is 51.5. The number of nitrogens with one attached hydrogen (secondary N) is 1. The van der Waals surface area contributed by atoms with Crippen molar-refractivity contribution in [2.45, 2.75) is 334 Å². The first-order valence-corrected chi connectivity index (χ1v) is 28.3. The number of aliphatic hydroxyl groups is 2. The lowest BCUT2D eigenvalue weighted by atomic mass is 10.0. The van der Waals surface area contributed by atoms with Crippen molar-refractivity contribution in [2.75, 3.05) is 13.2 Å². The zero-order valence-electron chi connectivity index (χ0n) is 42.1. The topological polar surface area (TPSA) is 95.9 Å². The number of esters is 1. The molecule has 0 aromatic carbocycles. The average molecular weight is 879 g/mol. The molecule has 0 heterocycles. The number of unbranched alkanes of at least 4 members (excludes halogenated alkanes) is 42. The molecule has 0 fully saturated rings. The number of aliphatic hydroxyl groups excluding tert-OH is 2. The summed E-state index contributed by atoms with van der Waals surface area (Å²) in [5, 5.41) is 23.3. The Morgan fingerprint density at radius 2 is 0.661 bits per heavy atom. The minimum atomic E-state index is -0.681. The highest BCUT2D eigenvalue weighted by Crippen LogP contribution is 2.18. The second-order valence-corrected chi connectivity index (χ2v) is 19.6. The molecule has 0 aliphatic rings. The minimum absolute atomic E-state index is 0.0219. The van der Waals surface area contributed by atoms with E-state index in [2.05, 4.69) is 19.2 Å². The number of rotatable bonds is 53. The van der Waals surface area contributed by atoms with Gasteiger partial charge in [-0.1, -0.05) is 284 Å². The van der Waals surface area contributed by atoms with Crippen molar-refractivity contribution >= 4 is 11.9 Å². The van der Waals surface area contributed by atoms with Crippen molar-refractivity contribution in [3.63, 3.8) is 0 Å². The smallest absolute Gasteiger partial charge is 0.305 e. The molecule has 1 amide bonds. The highest BCUT2D eigenvalue weighted by molar-refractivity contribution is 5.76. The molecular formula is C56H111NO5. The summed E-state index contributed by atoms with van der Waals surface area (Å²) in [6.07, 6.45) is 59.4. The minimum Gasteiger partial charge on any atom is -0.466 e. The molecule has 0 radical (unpaired) electrons. The van der Waals surface area contributed by atoms with Crippen LogP contribution in [0.5, 0.6) is 0 Å². The maximum atomic E-state index is 12.5. The van der Waals surface area contributed by atoms with Gasteiger partial charge in [0.15, 0.2) is 0 Å². The van der Waals surface area contributed by atoms with Crippen molar-refractivity contribution in [3.05, 3.63) is 0 Å². The van der Waals surface area contributed by atoms with Gasteiger partial charge in [0.1, 0.15) is 0 Å². The fraction of sp³-hybridized carbons (Fsp3) is 0.964. The van der Waals surface area contributed by atoms with Gasteiger partial charge < -0.3 is 20.3 Å². The van der Waals surface area contributed by atoms with Gasteiger partial charge in [-0.05, 0) is 25.7 Å². The highest BCUT2D eigenvalue weighted by Gasteiger charge is 2.20. The lowest BCUT2D eigenvalue weighted by Crippen LogP contribution is -2.45. The molecule has 6 nitrogen and oxygen atoms in total. The second-order valence-electron chi connectivity index (χ2n) is 19.6. The quantitative estimate of drug-likeness (QED) is 0.0418. The van der Waals surface area contributed by atoms with Gasteiger partial charge >= 0.3 is 5.97 Å². The largest absolute Gasteiger partial charge is 0.466 e. The predicted molar refractivity (Wildman–Crippen MR) is 269 cm³/mol. The first kappa shape index (κ1) is 60.9. The van der Waals surface area contributed by atoms with E-state index in [1.54, 1.807) is 0 Å². The summed E-state index contributed by atoms with van der Waals surface area (Å²) in [6, 6.07) is -0.560. The van der Waals surface area contributed by atoms with Gasteiger partial charge in [-0.25, -0.2) is 0 Å². The van der Waals surface area contributed by atoms with Crippen LogP contribution < -0.4 is 5.32 Å². The van der Waals surface area contributed by atoms with Crippen molar-refractivity contribution in [1.82, 2.24) is 5.32 Å². The van der Waals surface area contributed by atoms with E-state index in [0.717, 1.165) is 57.8 Å². The number of carbonyl (C=O) groups excluding carboxylic acids is 2. The fourth-order valence-electron chi connectivity index (χ4n) is 9.05. The van der Waals surface area contributed by atoms with E-state index in [9.17, 15) is 19.8 Å². The van der Waals surface area contributed by atoms with E-state index in [1.807, 2.05) is 0 Å². The number of hydrogen-bond acceptors (Lipinski definition) is 5. The van der Waals surface area contributed by atoms with Gasteiger partial charge in [-0.15, -0.1) is 0 Å². The third kappa shape index (κ3) is 48.3. The number of carbonyl (C=O) groups is 2. The standard InChI is InChI=1S/C56H111NO5/c1-3-5-7-9-11-13-15-17-18-19-20-21-22-23-24-25-26-28-29-32-36-40-44-48-54(59)53(52-58)57-55(60)49-45-41-37-33-31-35-39-43-47-51-62-56(61)50-46-42-38-34-30-27-16-14-12-10-8-6-4-2/h53-54,58-59H,3-52H2,1-2H3,(H,57,60). The molecule has 0 rings (SSSR count). The zero-order chi connectivity index (χ0) is 45.1. The Morgan fingerprint density at radius 1 is 0.387 bits per heavy atom. The van der Waals surface area contributed by atoms with Gasteiger partial charge in [0, 0.05) is 12.8 Å². The van der Waals surface area contributed by atoms with Crippen molar-refractivity contribution in [2.24, 2.45) is 0 Å². The van der Waals surface area contributed by atoms with Gasteiger partial charge in [0.2, 0.25) is 5.91 Å². The van der Waals surface area contributed by atoms with Crippen LogP contribution in [0, 0.1) is 0 Å². The normalized spacial score (nSPS) is 12.5. The van der Waals surface area contributed by atoms with Gasteiger partial charge in [-0.3, -0.25) is 9.59 Å². The molecule has 2 unspecified atom stereocenters. The Labute approximate surface area is 387 Å². The third-order valence-corrected chi connectivity index (χ3v) is 13.4. The van der Waals surface area contributed by atoms with Crippen molar-refractivity contribution < 1.29 is 24.5 Å². The molecule has 6 heteroatoms. The Bertz CT molecular complexity index is 882. The Morgan fingerprint density at radius 3 is 0.984 bits per heavy atom. The fourth-order valence-corrected chi connectivity index (χ4v) is 9.05. The first-order chi connectivity index (χ1) is 30.5. The highest BCUT2D eigenvalue weighted by atomic mass is 16.5. The van der Waals surface area contributed by atoms with Gasteiger partial charge in [-0.2, -0.15) is 0 Å². The molecule has 0 saturated carbocycles. The summed E-state index contributed by atoms with van der Waals surface area (Å²) < 4.78 is 5.45. The molecule has 0 saturated heterocycles. The van der Waals surface area contributed by atoms with Crippen molar-refractivity contribution in [1.29, 1.82) is 0 Å². The summed E-state index contributed by atoms with van der Waals surface area (Å²) in [7, 11) is 0. The molecule has 0 aromatic heterocycles. The molecule has 2 atom stereocenters. The molecule has 0 aliphatic heterocycles. The van der Waals surface area contributed by atoms with E-state index < -0.39 is 12.1 Å². The van der Waals surface area contributed by atoms with E-state index in [0.29, 0.717) is 25.9 Å². The van der Waals surface area contributed by atoms with E-state index in [4.69, 9.17) is 4.74 Å². The van der Waals surface area contributed by atoms with Crippen LogP contribution in [0.4, 0.5) is 0 Å². The summed E-state index contributed by atoms with van der Waals surface area (Å²) in [5.74, 6) is -0.0798. The van der Waals surface area contributed by atoms with Crippen LogP contribution >= 0.6 is 0 Å². The molecule has 0 aliphatic carbocycles. The summed E-state index contributed by atoms with van der Waals surface area (Å²) in [5.41, 5.74) is 0. The molecular weight excluding hydrogens is 767 g/mol. The SMILES string of the molecule is CCCCCCCCCCCCCCCCCCCCCCCCCC(O)C(CO)NC(=O)CCCCCCCCCCCOC(=O)CCCCCCCCCCCCCCC. The third-order valence-electron chi connectivity index (χ3n) is 13.4. The maximum absolute atomic E-state index is 12.5. The monoisotopic (exact) mass is 878 g/mol. The van der Waals surface area contributed by atoms with E-state index >= 15 is 0 Å². The summed E-state index contributed by atoms with van der Waals surface area (Å²) in [4.78, 5) is 24.5. The van der Waals surface area contributed by atoms with Crippen LogP contribution in [0.25, 0.3) is 0 Å². The van der Waals surface area contributed by atoms with Crippen LogP contribution in [0.15, 0.2) is 0 Å². The Hall–Kier alpha value is -1.14. The maximum Gasteiger partial charge on any atom is 0.305 e. The molecule has 0 bridgehead atoms. The van der Waals surface area contributed by atoms with Gasteiger partial charge in [0.25, 0.3) is 0 Å². The molecule has 370 valence electrons. The number of ether oxygens (including phenoxy) is 1. The van der Waals surface area contributed by atoms with Crippen LogP contribution in [-0.4, -0.2) is 47.4 Å². The first-order valence-electron chi connectivity index (χ1n) is 28.3. The van der Waals surface area contributed by atoms with E-state index in [1.165, 1.54) is 231 Å². The number of hydrogen-bond donors (Lipinski definition) is 3. The van der Waals surface area contributed by atoms with Crippen LogP contribution in [0.1, 0.15) is 322 Å². The van der Waals surface area contributed by atoms with Gasteiger partial charge in [0.05, 0.1) is 25.4 Å². The second kappa shape index (κ2) is 52.5. The van der Waals surface area contributed by atoms with Crippen LogP contribution in [0.3, 0.4) is 0 Å².